The molecular weight excluding hydrogens is 535 g/mol. The SMILES string of the molecule is C=CCC[C@@H](Cc1ccc(F)cc1)C(=O)OC[C@@H]1CCCN1C(=O)[C@H](CC=C)CC(=O)N[C@H](CO)Cc1ccccc1. The Morgan fingerprint density at radius 1 is 1.02 bits per heavy atom. The zero-order chi connectivity index (χ0) is 30.3. The van der Waals surface area contributed by atoms with Crippen LogP contribution in [0.15, 0.2) is 79.9 Å². The van der Waals surface area contributed by atoms with Gasteiger partial charge in [0.1, 0.15) is 12.4 Å². The number of hydrogen-bond donors (Lipinski definition) is 2. The van der Waals surface area contributed by atoms with Crippen LogP contribution in [0, 0.1) is 17.7 Å². The quantitative estimate of drug-likeness (QED) is 0.208. The molecule has 1 aliphatic rings. The Kier molecular flexibility index (Phi) is 13.4. The number of hydrogen-bond acceptors (Lipinski definition) is 5. The topological polar surface area (TPSA) is 95.9 Å². The van der Waals surface area contributed by atoms with Crippen molar-refractivity contribution < 1.29 is 28.6 Å². The van der Waals surface area contributed by atoms with Crippen LogP contribution < -0.4 is 5.32 Å². The Bertz CT molecular complexity index is 1170. The molecule has 7 nitrogen and oxygen atoms in total. The number of amides is 2. The average molecular weight is 579 g/mol. The third-order valence-electron chi connectivity index (χ3n) is 7.67. The molecule has 0 aliphatic carbocycles. The van der Waals surface area contributed by atoms with Crippen LogP contribution in [-0.2, 0) is 32.0 Å². The van der Waals surface area contributed by atoms with Gasteiger partial charge in [-0.15, -0.1) is 13.2 Å². The summed E-state index contributed by atoms with van der Waals surface area (Å²) in [6.07, 6.45) is 7.28. The maximum absolute atomic E-state index is 13.6. The molecule has 8 heteroatoms. The second-order valence-electron chi connectivity index (χ2n) is 10.9. The van der Waals surface area contributed by atoms with Crippen molar-refractivity contribution in [3.8, 4) is 0 Å². The van der Waals surface area contributed by atoms with Crippen molar-refractivity contribution in [3.63, 3.8) is 0 Å². The van der Waals surface area contributed by atoms with Gasteiger partial charge in [0.25, 0.3) is 0 Å². The molecule has 2 N–H and O–H groups in total. The van der Waals surface area contributed by atoms with E-state index in [9.17, 15) is 23.9 Å². The fourth-order valence-corrected chi connectivity index (χ4v) is 5.40. The molecule has 42 heavy (non-hydrogen) atoms. The van der Waals surface area contributed by atoms with Crippen LogP contribution in [0.4, 0.5) is 4.39 Å². The first-order valence-corrected chi connectivity index (χ1v) is 14.7. The molecule has 1 fully saturated rings. The normalized spacial score (nSPS) is 16.7. The van der Waals surface area contributed by atoms with E-state index in [1.54, 1.807) is 29.2 Å². The number of aliphatic hydroxyl groups excluding tert-OH is 1. The van der Waals surface area contributed by atoms with E-state index in [1.807, 2.05) is 30.3 Å². The molecule has 3 rings (SSSR count). The van der Waals surface area contributed by atoms with Crippen molar-refractivity contribution in [2.75, 3.05) is 19.8 Å². The van der Waals surface area contributed by atoms with Crippen LogP contribution in [0.25, 0.3) is 0 Å². The van der Waals surface area contributed by atoms with E-state index in [0.717, 1.165) is 17.5 Å². The monoisotopic (exact) mass is 578 g/mol. The third kappa shape index (κ3) is 10.2. The van der Waals surface area contributed by atoms with Crippen LogP contribution in [0.1, 0.15) is 49.7 Å². The molecule has 0 bridgehead atoms. The summed E-state index contributed by atoms with van der Waals surface area (Å²) >= 11 is 0. The van der Waals surface area contributed by atoms with Gasteiger partial charge in [-0.25, -0.2) is 4.39 Å². The first-order valence-electron chi connectivity index (χ1n) is 14.7. The highest BCUT2D eigenvalue weighted by molar-refractivity contribution is 5.86. The Morgan fingerprint density at radius 3 is 2.40 bits per heavy atom. The van der Waals surface area contributed by atoms with E-state index >= 15 is 0 Å². The van der Waals surface area contributed by atoms with Gasteiger partial charge in [-0.1, -0.05) is 54.6 Å². The summed E-state index contributed by atoms with van der Waals surface area (Å²) in [6.45, 7) is 7.91. The van der Waals surface area contributed by atoms with Crippen LogP contribution in [0.3, 0.4) is 0 Å². The Morgan fingerprint density at radius 2 is 1.74 bits per heavy atom. The van der Waals surface area contributed by atoms with Gasteiger partial charge in [-0.2, -0.15) is 0 Å². The predicted octanol–water partition coefficient (Wildman–Crippen LogP) is 4.79. The highest BCUT2D eigenvalue weighted by atomic mass is 19.1. The lowest BCUT2D eigenvalue weighted by atomic mass is 9.94. The molecule has 1 heterocycles. The van der Waals surface area contributed by atoms with E-state index in [2.05, 4.69) is 18.5 Å². The molecule has 4 atom stereocenters. The summed E-state index contributed by atoms with van der Waals surface area (Å²) in [5.41, 5.74) is 1.84. The molecule has 2 aromatic carbocycles. The maximum atomic E-state index is 13.6. The fraction of sp³-hybridized carbons (Fsp3) is 0.441. The summed E-state index contributed by atoms with van der Waals surface area (Å²) < 4.78 is 19.1. The van der Waals surface area contributed by atoms with Gasteiger partial charge >= 0.3 is 5.97 Å². The smallest absolute Gasteiger partial charge is 0.309 e. The molecule has 2 aromatic rings. The number of aliphatic hydroxyl groups is 1. The molecule has 2 amide bonds. The molecule has 1 aliphatic heterocycles. The van der Waals surface area contributed by atoms with Crippen molar-refractivity contribution in [2.24, 2.45) is 11.8 Å². The molecule has 0 unspecified atom stereocenters. The molecule has 226 valence electrons. The maximum Gasteiger partial charge on any atom is 0.309 e. The summed E-state index contributed by atoms with van der Waals surface area (Å²) in [7, 11) is 0. The van der Waals surface area contributed by atoms with Gasteiger partial charge in [0.2, 0.25) is 11.8 Å². The first kappa shape index (κ1) is 32.7. The van der Waals surface area contributed by atoms with Crippen molar-refractivity contribution in [2.45, 2.75) is 63.5 Å². The molecule has 1 saturated heterocycles. The molecule has 0 radical (unpaired) electrons. The number of ether oxygens (including phenoxy) is 1. The zero-order valence-corrected chi connectivity index (χ0v) is 24.3. The lowest BCUT2D eigenvalue weighted by Crippen LogP contribution is -2.45. The largest absolute Gasteiger partial charge is 0.463 e. The fourth-order valence-electron chi connectivity index (χ4n) is 5.40. The second-order valence-corrected chi connectivity index (χ2v) is 10.9. The summed E-state index contributed by atoms with van der Waals surface area (Å²) in [6, 6.07) is 14.9. The number of carbonyl (C=O) groups is 3. The van der Waals surface area contributed by atoms with Crippen molar-refractivity contribution in [1.29, 1.82) is 0 Å². The first-order chi connectivity index (χ1) is 20.3. The van der Waals surface area contributed by atoms with Crippen LogP contribution in [0.2, 0.25) is 0 Å². The van der Waals surface area contributed by atoms with Gasteiger partial charge in [0.05, 0.1) is 30.5 Å². The molecule has 0 saturated carbocycles. The van der Waals surface area contributed by atoms with Gasteiger partial charge in [-0.3, -0.25) is 14.4 Å². The van der Waals surface area contributed by atoms with E-state index in [-0.39, 0.29) is 49.3 Å². The second kappa shape index (κ2) is 17.2. The number of nitrogens with zero attached hydrogens (tertiary/aromatic N) is 1. The number of rotatable bonds is 17. The molecular formula is C34H43FN2O5. The Balaban J connectivity index is 1.57. The van der Waals surface area contributed by atoms with E-state index in [1.165, 1.54) is 12.1 Å². The number of carbonyl (C=O) groups excluding carboxylic acids is 3. The van der Waals surface area contributed by atoms with Crippen molar-refractivity contribution in [3.05, 3.63) is 96.9 Å². The summed E-state index contributed by atoms with van der Waals surface area (Å²) in [5.74, 6) is -2.17. The standard InChI is InChI=1S/C34H43FN2O5/c1-3-5-13-28(20-26-15-17-29(35)18-16-26)34(41)42-24-31-14-9-19-37(31)33(40)27(10-4-2)22-32(39)36-30(23-38)21-25-11-7-6-8-12-25/h3-4,6-8,11-12,15-18,27-28,30-31,38H,1-2,5,9-10,13-14,19-24H2,(H,36,39)/t27-,28+,30+,31+/m1/s1. The van der Waals surface area contributed by atoms with Gasteiger partial charge in [0.15, 0.2) is 0 Å². The molecule has 0 spiro atoms. The van der Waals surface area contributed by atoms with E-state index in [0.29, 0.717) is 45.1 Å². The van der Waals surface area contributed by atoms with Gasteiger partial charge < -0.3 is 20.1 Å². The minimum atomic E-state index is -0.603. The lowest BCUT2D eigenvalue weighted by molar-refractivity contribution is -0.152. The molecule has 0 aromatic heterocycles. The van der Waals surface area contributed by atoms with Crippen LogP contribution in [-0.4, -0.2) is 59.6 Å². The Hall–Kier alpha value is -3.78. The number of likely N-dealkylation sites (tertiary alicyclic amines) is 1. The number of halogens is 1. The van der Waals surface area contributed by atoms with Gasteiger partial charge in [-0.05, 0) is 68.2 Å². The highest BCUT2D eigenvalue weighted by Gasteiger charge is 2.35. The number of allylic oxidation sites excluding steroid dienone is 2. The number of esters is 1. The Labute approximate surface area is 248 Å². The average Bonchev–Trinajstić information content (AvgIpc) is 3.47. The van der Waals surface area contributed by atoms with Crippen LogP contribution in [0.5, 0.6) is 0 Å². The minimum Gasteiger partial charge on any atom is -0.463 e. The summed E-state index contributed by atoms with van der Waals surface area (Å²) in [4.78, 5) is 41.3. The number of nitrogens with one attached hydrogen (secondary N) is 1. The highest BCUT2D eigenvalue weighted by Crippen LogP contribution is 2.25. The predicted molar refractivity (Wildman–Crippen MR) is 161 cm³/mol. The van der Waals surface area contributed by atoms with Gasteiger partial charge in [0, 0.05) is 13.0 Å². The number of benzene rings is 2. The van der Waals surface area contributed by atoms with E-state index < -0.39 is 17.9 Å². The van der Waals surface area contributed by atoms with E-state index in [4.69, 9.17) is 4.74 Å². The minimum absolute atomic E-state index is 0.0273. The zero-order valence-electron chi connectivity index (χ0n) is 24.3. The van der Waals surface area contributed by atoms with Crippen molar-refractivity contribution in [1.82, 2.24) is 10.2 Å². The third-order valence-corrected chi connectivity index (χ3v) is 7.67. The van der Waals surface area contributed by atoms with Crippen LogP contribution >= 0.6 is 0 Å². The van der Waals surface area contributed by atoms with Crippen molar-refractivity contribution >= 4 is 17.8 Å². The summed E-state index contributed by atoms with van der Waals surface area (Å²) in [5, 5.41) is 12.7. The lowest BCUT2D eigenvalue weighted by Gasteiger charge is -2.29.